The topological polar surface area (TPSA) is 49.8 Å². The monoisotopic (exact) mass is 225 g/mol. The van der Waals surface area contributed by atoms with Gasteiger partial charge in [0.1, 0.15) is 5.82 Å². The summed E-state index contributed by atoms with van der Waals surface area (Å²) in [4.78, 5) is 12.7. The smallest absolute Gasteiger partial charge is 0.328 e. The highest BCUT2D eigenvalue weighted by Gasteiger charge is 2.29. The van der Waals surface area contributed by atoms with Crippen LogP contribution in [0.4, 0.5) is 10.1 Å². The van der Waals surface area contributed by atoms with E-state index in [0.29, 0.717) is 18.8 Å². The molecular weight excluding hydrogens is 213 g/mol. The molecule has 4 nitrogen and oxygen atoms in total. The van der Waals surface area contributed by atoms with Crippen molar-refractivity contribution in [3.63, 3.8) is 0 Å². The van der Waals surface area contributed by atoms with Gasteiger partial charge in [0.2, 0.25) is 0 Å². The lowest BCUT2D eigenvalue weighted by atomic mass is 10.2. The number of carboxylic acid groups (broad SMARTS) is 1. The molecule has 0 spiro atoms. The van der Waals surface area contributed by atoms with Crippen molar-refractivity contribution >= 4 is 11.7 Å². The first-order chi connectivity index (χ1) is 7.68. The van der Waals surface area contributed by atoms with E-state index in [2.05, 4.69) is 0 Å². The van der Waals surface area contributed by atoms with Gasteiger partial charge in [0, 0.05) is 12.2 Å². The highest BCUT2D eigenvalue weighted by molar-refractivity contribution is 5.78. The molecule has 2 rings (SSSR count). The molecule has 0 saturated carbocycles. The molecule has 5 heteroatoms. The van der Waals surface area contributed by atoms with Crippen molar-refractivity contribution in [2.24, 2.45) is 0 Å². The first kappa shape index (κ1) is 10.9. The second-order valence-electron chi connectivity index (χ2n) is 3.60. The van der Waals surface area contributed by atoms with Crippen LogP contribution in [0.25, 0.3) is 0 Å². The molecule has 1 aliphatic rings. The van der Waals surface area contributed by atoms with Crippen LogP contribution in [-0.2, 0) is 9.53 Å². The molecule has 1 saturated heterocycles. The van der Waals surface area contributed by atoms with E-state index in [4.69, 9.17) is 9.84 Å². The largest absolute Gasteiger partial charge is 0.480 e. The molecule has 1 atom stereocenters. The molecule has 0 bridgehead atoms. The molecule has 1 aromatic rings. The van der Waals surface area contributed by atoms with E-state index in [1.165, 1.54) is 12.1 Å². The second kappa shape index (κ2) is 4.49. The fraction of sp³-hybridized carbons (Fsp3) is 0.364. The van der Waals surface area contributed by atoms with Crippen molar-refractivity contribution in [3.05, 3.63) is 30.1 Å². The number of carboxylic acids is 1. The van der Waals surface area contributed by atoms with E-state index in [9.17, 15) is 9.18 Å². The second-order valence-corrected chi connectivity index (χ2v) is 3.60. The summed E-state index contributed by atoms with van der Waals surface area (Å²) < 4.78 is 18.2. The van der Waals surface area contributed by atoms with Gasteiger partial charge in [-0.2, -0.15) is 0 Å². The van der Waals surface area contributed by atoms with Crippen molar-refractivity contribution in [1.29, 1.82) is 0 Å². The molecule has 0 aliphatic carbocycles. The first-order valence-electron chi connectivity index (χ1n) is 5.01. The van der Waals surface area contributed by atoms with Gasteiger partial charge >= 0.3 is 5.97 Å². The number of carbonyl (C=O) groups is 1. The van der Waals surface area contributed by atoms with Crippen LogP contribution in [0.1, 0.15) is 0 Å². The minimum atomic E-state index is -0.955. The Morgan fingerprint density at radius 2 is 2.38 bits per heavy atom. The van der Waals surface area contributed by atoms with E-state index in [0.717, 1.165) is 0 Å². The Balaban J connectivity index is 2.26. The molecule has 1 N–H and O–H groups in total. The third-order valence-corrected chi connectivity index (χ3v) is 2.55. The number of benzene rings is 1. The molecule has 1 heterocycles. The maximum atomic E-state index is 13.0. The lowest BCUT2D eigenvalue weighted by molar-refractivity contribution is -0.141. The average Bonchev–Trinajstić information content (AvgIpc) is 2.29. The molecule has 16 heavy (non-hydrogen) atoms. The summed E-state index contributed by atoms with van der Waals surface area (Å²) in [5.41, 5.74) is 0.579. The van der Waals surface area contributed by atoms with Crippen molar-refractivity contribution in [2.75, 3.05) is 24.7 Å². The van der Waals surface area contributed by atoms with Gasteiger partial charge in [-0.15, -0.1) is 0 Å². The third-order valence-electron chi connectivity index (χ3n) is 2.55. The van der Waals surface area contributed by atoms with Gasteiger partial charge in [0.05, 0.1) is 13.2 Å². The van der Waals surface area contributed by atoms with Crippen LogP contribution in [0.5, 0.6) is 0 Å². The predicted octanol–water partition coefficient (Wildman–Crippen LogP) is 1.12. The number of anilines is 1. The number of rotatable bonds is 2. The average molecular weight is 225 g/mol. The molecule has 1 fully saturated rings. The number of hydrogen-bond donors (Lipinski definition) is 1. The minimum absolute atomic E-state index is 0.131. The normalized spacial score (nSPS) is 20.8. The van der Waals surface area contributed by atoms with E-state index < -0.39 is 12.0 Å². The predicted molar refractivity (Wildman–Crippen MR) is 56.0 cm³/mol. The fourth-order valence-electron chi connectivity index (χ4n) is 1.77. The van der Waals surface area contributed by atoms with Gasteiger partial charge in [0.25, 0.3) is 0 Å². The lowest BCUT2D eigenvalue weighted by Crippen LogP contribution is -2.50. The van der Waals surface area contributed by atoms with Crippen LogP contribution in [0.15, 0.2) is 24.3 Å². The Hall–Kier alpha value is -1.62. The number of halogens is 1. The Labute approximate surface area is 92.2 Å². The molecule has 1 aliphatic heterocycles. The van der Waals surface area contributed by atoms with Crippen LogP contribution in [-0.4, -0.2) is 36.9 Å². The lowest BCUT2D eigenvalue weighted by Gasteiger charge is -2.34. The molecule has 1 aromatic carbocycles. The Bertz CT molecular complexity index is 397. The number of aliphatic carboxylic acids is 1. The number of nitrogens with zero attached hydrogens (tertiary/aromatic N) is 1. The molecule has 0 amide bonds. The Morgan fingerprint density at radius 1 is 1.56 bits per heavy atom. The zero-order valence-electron chi connectivity index (χ0n) is 8.60. The molecule has 1 unspecified atom stereocenters. The third kappa shape index (κ3) is 2.14. The SMILES string of the molecule is O=C(O)C1COCCN1c1cccc(F)c1. The van der Waals surface area contributed by atoms with Gasteiger partial charge in [-0.1, -0.05) is 6.07 Å². The van der Waals surface area contributed by atoms with E-state index in [-0.39, 0.29) is 12.4 Å². The van der Waals surface area contributed by atoms with Crippen molar-refractivity contribution < 1.29 is 19.0 Å². The fourth-order valence-corrected chi connectivity index (χ4v) is 1.77. The van der Waals surface area contributed by atoms with Crippen molar-refractivity contribution in [1.82, 2.24) is 0 Å². The van der Waals surface area contributed by atoms with E-state index >= 15 is 0 Å². The maximum Gasteiger partial charge on any atom is 0.328 e. The molecule has 86 valence electrons. The quantitative estimate of drug-likeness (QED) is 0.819. The minimum Gasteiger partial charge on any atom is -0.480 e. The summed E-state index contributed by atoms with van der Waals surface area (Å²) in [5.74, 6) is -1.32. The molecular formula is C11H12FNO3. The Kier molecular flexibility index (Phi) is 3.05. The zero-order valence-corrected chi connectivity index (χ0v) is 8.60. The molecule has 0 aromatic heterocycles. The van der Waals surface area contributed by atoms with Crippen LogP contribution in [0.2, 0.25) is 0 Å². The number of hydrogen-bond acceptors (Lipinski definition) is 3. The van der Waals surface area contributed by atoms with Crippen LogP contribution >= 0.6 is 0 Å². The van der Waals surface area contributed by atoms with Crippen molar-refractivity contribution in [2.45, 2.75) is 6.04 Å². The summed E-state index contributed by atoms with van der Waals surface area (Å²) >= 11 is 0. The van der Waals surface area contributed by atoms with Gasteiger partial charge in [-0.25, -0.2) is 9.18 Å². The summed E-state index contributed by atoms with van der Waals surface area (Å²) in [7, 11) is 0. The van der Waals surface area contributed by atoms with Gasteiger partial charge in [-0.3, -0.25) is 0 Å². The number of morpholine rings is 1. The highest BCUT2D eigenvalue weighted by Crippen LogP contribution is 2.20. The Morgan fingerprint density at radius 3 is 3.06 bits per heavy atom. The molecule has 0 radical (unpaired) electrons. The summed E-state index contributed by atoms with van der Waals surface area (Å²) in [5, 5.41) is 9.02. The first-order valence-corrected chi connectivity index (χ1v) is 5.01. The van der Waals surface area contributed by atoms with E-state index in [1.807, 2.05) is 0 Å². The maximum absolute atomic E-state index is 13.0. The van der Waals surface area contributed by atoms with Crippen LogP contribution < -0.4 is 4.90 Å². The van der Waals surface area contributed by atoms with Gasteiger partial charge in [-0.05, 0) is 18.2 Å². The van der Waals surface area contributed by atoms with Crippen LogP contribution in [0.3, 0.4) is 0 Å². The summed E-state index contributed by atoms with van der Waals surface area (Å²) in [6.45, 7) is 1.05. The van der Waals surface area contributed by atoms with Crippen molar-refractivity contribution in [3.8, 4) is 0 Å². The zero-order chi connectivity index (χ0) is 11.5. The summed E-state index contributed by atoms with van der Waals surface area (Å²) in [6.07, 6.45) is 0. The number of ether oxygens (including phenoxy) is 1. The summed E-state index contributed by atoms with van der Waals surface area (Å²) in [6, 6.07) is 5.19. The van der Waals surface area contributed by atoms with Gasteiger partial charge < -0.3 is 14.7 Å². The van der Waals surface area contributed by atoms with Gasteiger partial charge in [0.15, 0.2) is 6.04 Å². The van der Waals surface area contributed by atoms with E-state index in [1.54, 1.807) is 17.0 Å². The standard InChI is InChI=1S/C11H12FNO3/c12-8-2-1-3-9(6-8)13-4-5-16-7-10(13)11(14)15/h1-3,6,10H,4-5,7H2,(H,14,15). The highest BCUT2D eigenvalue weighted by atomic mass is 19.1. The van der Waals surface area contributed by atoms with Crippen LogP contribution in [0, 0.1) is 5.82 Å².